The molecule has 1 N–H and O–H groups in total. The summed E-state index contributed by atoms with van der Waals surface area (Å²) in [6.07, 6.45) is 4.83. The van der Waals surface area contributed by atoms with Gasteiger partial charge >= 0.3 is 5.97 Å². The van der Waals surface area contributed by atoms with Gasteiger partial charge < -0.3 is 5.11 Å². The van der Waals surface area contributed by atoms with Crippen LogP contribution in [0, 0.1) is 0 Å². The third kappa shape index (κ3) is 5.93. The number of halogens is 1. The van der Waals surface area contributed by atoms with Gasteiger partial charge in [-0.25, -0.2) is 0 Å². The highest BCUT2D eigenvalue weighted by atomic mass is 35.5. The highest BCUT2D eigenvalue weighted by molar-refractivity contribution is 6.31. The first-order valence-corrected chi connectivity index (χ1v) is 9.85. The minimum Gasteiger partial charge on any atom is -0.481 e. The lowest BCUT2D eigenvalue weighted by molar-refractivity contribution is -0.137. The Balaban J connectivity index is 2.20. The minimum absolute atomic E-state index is 0.138. The average molecular weight is 387 g/mol. The molecule has 1 unspecified atom stereocenters. The molecule has 3 nitrogen and oxygen atoms in total. The molecule has 1 atom stereocenters. The van der Waals surface area contributed by atoms with Crippen LogP contribution < -0.4 is 0 Å². The van der Waals surface area contributed by atoms with Crippen molar-refractivity contribution in [3.05, 3.63) is 70.7 Å². The minimum atomic E-state index is -0.754. The average Bonchev–Trinajstić information content (AvgIpc) is 2.65. The molecule has 4 heteroatoms. The van der Waals surface area contributed by atoms with Crippen molar-refractivity contribution in [2.45, 2.75) is 57.3 Å². The molecule has 2 aromatic carbocycles. The van der Waals surface area contributed by atoms with Gasteiger partial charge in [0.1, 0.15) is 5.78 Å². The Labute approximate surface area is 166 Å². The molecule has 0 saturated carbocycles. The van der Waals surface area contributed by atoms with E-state index in [2.05, 4.69) is 0 Å². The standard InChI is InChI=1S/C23H27ClO3/c1-18(25)23(20-12-5-4-6-13-20,16-10-3-2-7-15-22(26)27)17-19-11-8-9-14-21(19)24/h4-6,8-9,11-14H,2-3,7,10,15-17H2,1H3,(H,26,27). The van der Waals surface area contributed by atoms with Gasteiger partial charge in [0.2, 0.25) is 0 Å². The van der Waals surface area contributed by atoms with Gasteiger partial charge in [-0.15, -0.1) is 0 Å². The van der Waals surface area contributed by atoms with E-state index < -0.39 is 11.4 Å². The fourth-order valence-electron chi connectivity index (χ4n) is 3.62. The monoisotopic (exact) mass is 386 g/mol. The lowest BCUT2D eigenvalue weighted by atomic mass is 9.69. The molecule has 0 aliphatic carbocycles. The molecule has 2 rings (SSSR count). The van der Waals surface area contributed by atoms with Crippen LogP contribution in [0.5, 0.6) is 0 Å². The second kappa shape index (κ2) is 10.3. The number of Topliss-reactive ketones (excluding diaryl/α,β-unsaturated/α-hetero) is 1. The maximum atomic E-state index is 12.9. The van der Waals surface area contributed by atoms with Gasteiger partial charge in [-0.3, -0.25) is 9.59 Å². The van der Waals surface area contributed by atoms with Crippen molar-refractivity contribution in [2.75, 3.05) is 0 Å². The summed E-state index contributed by atoms with van der Waals surface area (Å²) in [7, 11) is 0. The molecule has 0 radical (unpaired) electrons. The van der Waals surface area contributed by atoms with Crippen molar-refractivity contribution in [1.82, 2.24) is 0 Å². The number of hydrogen-bond acceptors (Lipinski definition) is 2. The fraction of sp³-hybridized carbons (Fsp3) is 0.391. The van der Waals surface area contributed by atoms with Crippen molar-refractivity contribution in [3.63, 3.8) is 0 Å². The summed E-state index contributed by atoms with van der Waals surface area (Å²) in [5, 5.41) is 9.43. The van der Waals surface area contributed by atoms with Crippen molar-refractivity contribution < 1.29 is 14.7 Å². The smallest absolute Gasteiger partial charge is 0.303 e. The van der Waals surface area contributed by atoms with E-state index >= 15 is 0 Å². The number of carboxylic acids is 1. The number of carbonyl (C=O) groups is 2. The Hall–Kier alpha value is -2.13. The van der Waals surface area contributed by atoms with E-state index in [4.69, 9.17) is 16.7 Å². The quantitative estimate of drug-likeness (QED) is 0.494. The van der Waals surface area contributed by atoms with Crippen molar-refractivity contribution in [1.29, 1.82) is 0 Å². The Bertz CT molecular complexity index is 757. The Morgan fingerprint density at radius 1 is 0.926 bits per heavy atom. The summed E-state index contributed by atoms with van der Waals surface area (Å²) in [6, 6.07) is 17.6. The van der Waals surface area contributed by atoms with E-state index in [0.29, 0.717) is 17.9 Å². The van der Waals surface area contributed by atoms with Crippen LogP contribution in [0.25, 0.3) is 0 Å². The molecule has 0 aromatic heterocycles. The molecule has 0 aliphatic heterocycles. The largest absolute Gasteiger partial charge is 0.481 e. The normalized spacial score (nSPS) is 13.1. The zero-order valence-corrected chi connectivity index (χ0v) is 16.5. The summed E-state index contributed by atoms with van der Waals surface area (Å²) >= 11 is 6.39. The molecule has 144 valence electrons. The van der Waals surface area contributed by atoms with Crippen LogP contribution >= 0.6 is 11.6 Å². The van der Waals surface area contributed by atoms with Crippen LogP contribution in [0.3, 0.4) is 0 Å². The molecule has 27 heavy (non-hydrogen) atoms. The third-order valence-corrected chi connectivity index (χ3v) is 5.56. The Kier molecular flexibility index (Phi) is 8.05. The summed E-state index contributed by atoms with van der Waals surface area (Å²) in [4.78, 5) is 23.5. The van der Waals surface area contributed by atoms with Crippen molar-refractivity contribution in [3.8, 4) is 0 Å². The van der Waals surface area contributed by atoms with Crippen LogP contribution in [0.4, 0.5) is 0 Å². The number of carbonyl (C=O) groups excluding carboxylic acids is 1. The SMILES string of the molecule is CC(=O)C(CCCCCCC(=O)O)(Cc1ccccc1Cl)c1ccccc1. The van der Waals surface area contributed by atoms with E-state index in [9.17, 15) is 9.59 Å². The highest BCUT2D eigenvalue weighted by Gasteiger charge is 2.37. The van der Waals surface area contributed by atoms with E-state index in [1.807, 2.05) is 54.6 Å². The summed E-state index contributed by atoms with van der Waals surface area (Å²) in [6.45, 7) is 1.66. The first-order chi connectivity index (χ1) is 13.0. The van der Waals surface area contributed by atoms with Crippen LogP contribution in [0.1, 0.15) is 56.6 Å². The predicted octanol–water partition coefficient (Wildman–Crippen LogP) is 5.83. The number of unbranched alkanes of at least 4 members (excludes halogenated alkanes) is 3. The molecular weight excluding hydrogens is 360 g/mol. The van der Waals surface area contributed by atoms with Gasteiger partial charge in [0, 0.05) is 11.4 Å². The van der Waals surface area contributed by atoms with Gasteiger partial charge in [-0.05, 0) is 43.4 Å². The number of aliphatic carboxylic acids is 1. The van der Waals surface area contributed by atoms with E-state index in [-0.39, 0.29) is 12.2 Å². The van der Waals surface area contributed by atoms with Gasteiger partial charge in [0.05, 0.1) is 5.41 Å². The molecule has 0 saturated heterocycles. The number of hydrogen-bond donors (Lipinski definition) is 1. The Morgan fingerprint density at radius 2 is 1.56 bits per heavy atom. The van der Waals surface area contributed by atoms with Crippen LogP contribution in [0.2, 0.25) is 5.02 Å². The Morgan fingerprint density at radius 3 is 2.19 bits per heavy atom. The van der Waals surface area contributed by atoms with Crippen molar-refractivity contribution in [2.24, 2.45) is 0 Å². The van der Waals surface area contributed by atoms with E-state index in [1.54, 1.807) is 6.92 Å². The number of rotatable bonds is 11. The first kappa shape index (κ1) is 21.2. The lowest BCUT2D eigenvalue weighted by Crippen LogP contribution is -2.37. The molecule has 0 amide bonds. The second-order valence-electron chi connectivity index (χ2n) is 7.08. The van der Waals surface area contributed by atoms with Gasteiger partial charge in [-0.1, -0.05) is 79.4 Å². The summed E-state index contributed by atoms with van der Waals surface area (Å²) in [5.41, 5.74) is 1.38. The van der Waals surface area contributed by atoms with Gasteiger partial charge in [0.15, 0.2) is 0 Å². The summed E-state index contributed by atoms with van der Waals surface area (Å²) in [5.74, 6) is -0.616. The van der Waals surface area contributed by atoms with Gasteiger partial charge in [-0.2, -0.15) is 0 Å². The predicted molar refractivity (Wildman–Crippen MR) is 109 cm³/mol. The van der Waals surface area contributed by atoms with Crippen LogP contribution in [-0.4, -0.2) is 16.9 Å². The molecule has 0 fully saturated rings. The molecule has 2 aromatic rings. The lowest BCUT2D eigenvalue weighted by Gasteiger charge is -2.33. The molecule has 0 bridgehead atoms. The van der Waals surface area contributed by atoms with E-state index in [1.165, 1.54) is 0 Å². The zero-order chi connectivity index (χ0) is 19.7. The molecular formula is C23H27ClO3. The van der Waals surface area contributed by atoms with Crippen LogP contribution in [-0.2, 0) is 21.4 Å². The highest BCUT2D eigenvalue weighted by Crippen LogP contribution is 2.37. The number of carboxylic acid groups (broad SMARTS) is 1. The van der Waals surface area contributed by atoms with E-state index in [0.717, 1.165) is 36.8 Å². The first-order valence-electron chi connectivity index (χ1n) is 9.47. The maximum Gasteiger partial charge on any atom is 0.303 e. The van der Waals surface area contributed by atoms with Gasteiger partial charge in [0.25, 0.3) is 0 Å². The van der Waals surface area contributed by atoms with Crippen LogP contribution in [0.15, 0.2) is 54.6 Å². The molecule has 0 heterocycles. The zero-order valence-electron chi connectivity index (χ0n) is 15.8. The molecule has 0 aliphatic rings. The molecule has 0 spiro atoms. The summed E-state index contributed by atoms with van der Waals surface area (Å²) < 4.78 is 0. The topological polar surface area (TPSA) is 54.4 Å². The third-order valence-electron chi connectivity index (χ3n) is 5.19. The number of ketones is 1. The fourth-order valence-corrected chi connectivity index (χ4v) is 3.82. The second-order valence-corrected chi connectivity index (χ2v) is 7.49. The number of benzene rings is 2. The maximum absolute atomic E-state index is 12.9. The van der Waals surface area contributed by atoms with Crippen molar-refractivity contribution >= 4 is 23.4 Å².